The molecule has 20 aromatic carbocycles. The van der Waals surface area contributed by atoms with Gasteiger partial charge in [0.25, 0.3) is 0 Å². The van der Waals surface area contributed by atoms with E-state index in [1.54, 1.807) is 0 Å². The van der Waals surface area contributed by atoms with Gasteiger partial charge in [-0.15, -0.1) is 0 Å². The van der Waals surface area contributed by atoms with Gasteiger partial charge in [0.2, 0.25) is 0 Å². The molecule has 0 saturated carbocycles. The zero-order valence-corrected chi connectivity index (χ0v) is 81.8. The first-order valence-corrected chi connectivity index (χ1v) is 51.2. The Morgan fingerprint density at radius 1 is 0.239 bits per heavy atom. The maximum atomic E-state index is 2.47. The lowest BCUT2D eigenvalue weighted by Gasteiger charge is -2.20. The SMILES string of the molecule is CC(C)(C)c1ccc2c(c1)-c1cc(-c3ccc4c(c3)c3ccccc3n4-c3ccccc3)ccc1C2.CCC(C)c1ccc2c(c1)-c1cc(-c3ccc4c(c3)c3ccccc3n4-c3ccccc3)ccc1C2.CCCCc1ccccc1-n1c2ccccc2c2cc(-c3ccc4c(c3)-c3ccccc3C4)ccc21.CCc1cccc(-n2c3ccccc3c3cc(-c4ccc5c(c4)-c4ccccc4C5)ccc32)c1. The highest BCUT2D eigenvalue weighted by molar-refractivity contribution is 6.15. The van der Waals surface area contributed by atoms with Gasteiger partial charge in [-0.3, -0.25) is 0 Å². The van der Waals surface area contributed by atoms with Gasteiger partial charge in [0.15, 0.2) is 0 Å². The number of unbranched alkanes of at least 4 members (excludes halogenated alkanes) is 1. The van der Waals surface area contributed by atoms with Crippen LogP contribution in [-0.2, 0) is 43.9 Å². The molecule has 4 aliphatic rings. The van der Waals surface area contributed by atoms with E-state index in [4.69, 9.17) is 0 Å². The molecule has 684 valence electrons. The van der Waals surface area contributed by atoms with Crippen LogP contribution in [0.15, 0.2) is 437 Å². The third kappa shape index (κ3) is 15.5. The number of benzene rings is 20. The average molecular weight is 1830 g/mol. The van der Waals surface area contributed by atoms with Crippen molar-refractivity contribution in [3.8, 4) is 112 Å². The molecule has 1 atom stereocenters. The van der Waals surface area contributed by atoms with Crippen molar-refractivity contribution in [3.05, 3.63) is 504 Å². The summed E-state index contributed by atoms with van der Waals surface area (Å²) in [6, 6.07) is 162. The molecule has 0 saturated heterocycles. The van der Waals surface area contributed by atoms with Crippen LogP contribution in [-0.4, -0.2) is 18.3 Å². The molecule has 0 aliphatic heterocycles. The molecule has 24 aromatic rings. The Hall–Kier alpha value is -16.4. The number of aromatic nitrogens is 4. The van der Waals surface area contributed by atoms with E-state index in [2.05, 4.69) is 504 Å². The van der Waals surface area contributed by atoms with Crippen LogP contribution in [0.5, 0.6) is 0 Å². The second-order valence-electron chi connectivity index (χ2n) is 40.6. The minimum Gasteiger partial charge on any atom is -0.309 e. The van der Waals surface area contributed by atoms with Crippen LogP contribution < -0.4 is 0 Å². The average Bonchev–Trinajstić information content (AvgIpc) is 1.60. The standard InChI is InChI=1S/3C35H29N.C33H25N/c1-35(2,3)27-17-15-26-19-25-14-13-23(20-30(25)31(26)22-27)24-16-18-34-32(21-24)29-11-7-8-12-33(29)36(34)28-9-5-4-6-10-28;1-3-23(2)24-13-15-27-19-28-16-14-25(21-32(28)31(27)20-24)26-17-18-35-33(22-26)30-11-7-8-12-34(30)36(35)29-9-5-4-6-10-29;1-2-3-10-24-11-5-8-15-33(24)36-34-16-9-7-14-30(34)32-23-26(19-20-35(32)36)25-17-18-28-21-27-12-4-6-13-29(27)31(28)22-25;1-2-22-8-7-10-27(18-22)34-32-13-6-5-12-29(32)31-21-24(16-17-33(31)34)23-14-15-26-19-25-9-3-4-11-28(25)30(26)20-23/h4-18,20-22H,19H2,1-3H3;4-18,20-23H,3,19H2,1-2H3;4-9,11-20,22-23H,2-3,10,21H2,1H3;3-18,20-21H,2,19H2,1H3. The van der Waals surface area contributed by atoms with Crippen molar-refractivity contribution >= 4 is 87.2 Å². The molecule has 4 aromatic heterocycles. The molecule has 0 radical (unpaired) electrons. The predicted octanol–water partition coefficient (Wildman–Crippen LogP) is 36.8. The predicted molar refractivity (Wildman–Crippen MR) is 603 cm³/mol. The lowest BCUT2D eigenvalue weighted by molar-refractivity contribution is 0.590. The molecular formula is C138H112N4. The second kappa shape index (κ2) is 36.1. The van der Waals surface area contributed by atoms with Crippen molar-refractivity contribution < 1.29 is 0 Å². The molecule has 0 fully saturated rings. The first kappa shape index (κ1) is 87.1. The molecule has 28 rings (SSSR count). The van der Waals surface area contributed by atoms with E-state index in [-0.39, 0.29) is 5.41 Å². The van der Waals surface area contributed by atoms with Gasteiger partial charge >= 0.3 is 0 Å². The van der Waals surface area contributed by atoms with E-state index < -0.39 is 0 Å². The molecule has 142 heavy (non-hydrogen) atoms. The van der Waals surface area contributed by atoms with E-state index in [1.807, 2.05) is 0 Å². The van der Waals surface area contributed by atoms with Gasteiger partial charge in [0.1, 0.15) is 0 Å². The van der Waals surface area contributed by atoms with Crippen LogP contribution in [0.4, 0.5) is 0 Å². The first-order valence-electron chi connectivity index (χ1n) is 51.2. The van der Waals surface area contributed by atoms with E-state index in [0.29, 0.717) is 5.92 Å². The van der Waals surface area contributed by atoms with Gasteiger partial charge in [0.05, 0.1) is 44.1 Å². The van der Waals surface area contributed by atoms with Crippen molar-refractivity contribution in [1.82, 2.24) is 18.3 Å². The molecule has 0 amide bonds. The number of aryl methyl sites for hydroxylation is 2. The minimum absolute atomic E-state index is 0.146. The first-order chi connectivity index (χ1) is 69.8. The van der Waals surface area contributed by atoms with Crippen molar-refractivity contribution in [2.45, 2.75) is 118 Å². The van der Waals surface area contributed by atoms with Crippen LogP contribution in [0.2, 0.25) is 0 Å². The summed E-state index contributed by atoms with van der Waals surface area (Å²) in [5.41, 5.74) is 53.6. The highest BCUT2D eigenvalue weighted by Gasteiger charge is 2.29. The molecule has 4 nitrogen and oxygen atoms in total. The maximum absolute atomic E-state index is 2.47. The fourth-order valence-electron chi connectivity index (χ4n) is 23.4. The third-order valence-corrected chi connectivity index (χ3v) is 31.1. The molecule has 0 bridgehead atoms. The lowest BCUT2D eigenvalue weighted by atomic mass is 9.85. The zero-order chi connectivity index (χ0) is 95.4. The molecule has 0 N–H and O–H groups in total. The number of fused-ring (bicyclic) bond motifs is 24. The largest absolute Gasteiger partial charge is 0.309 e. The van der Waals surface area contributed by atoms with E-state index in [0.717, 1.165) is 38.5 Å². The van der Waals surface area contributed by atoms with Crippen molar-refractivity contribution in [1.29, 1.82) is 0 Å². The number of para-hydroxylation sites is 7. The van der Waals surface area contributed by atoms with Crippen molar-refractivity contribution in [2.24, 2.45) is 0 Å². The summed E-state index contributed by atoms with van der Waals surface area (Å²) in [7, 11) is 0. The minimum atomic E-state index is 0.146. The van der Waals surface area contributed by atoms with Gasteiger partial charge in [-0.2, -0.15) is 0 Å². The third-order valence-electron chi connectivity index (χ3n) is 31.1. The quantitative estimate of drug-likeness (QED) is 0.103. The Morgan fingerprint density at radius 3 is 0.979 bits per heavy atom. The molecule has 4 heterocycles. The summed E-state index contributed by atoms with van der Waals surface area (Å²) >= 11 is 0. The summed E-state index contributed by atoms with van der Waals surface area (Å²) in [5, 5.41) is 10.4. The van der Waals surface area contributed by atoms with Gasteiger partial charge in [0, 0.05) is 65.8 Å². The molecule has 1 unspecified atom stereocenters. The summed E-state index contributed by atoms with van der Waals surface area (Å²) in [5.74, 6) is 0.590. The monoisotopic (exact) mass is 1820 g/mol. The van der Waals surface area contributed by atoms with Crippen LogP contribution in [0.25, 0.3) is 199 Å². The van der Waals surface area contributed by atoms with E-state index in [1.165, 1.54) is 285 Å². The molecule has 4 heteroatoms. The highest BCUT2D eigenvalue weighted by atomic mass is 15.0. The summed E-state index contributed by atoms with van der Waals surface area (Å²) in [6.07, 6.45) is 9.86. The lowest BCUT2D eigenvalue weighted by Crippen LogP contribution is -2.10. The zero-order valence-electron chi connectivity index (χ0n) is 81.8. The van der Waals surface area contributed by atoms with Crippen LogP contribution in [0, 0.1) is 0 Å². The normalized spacial score (nSPS) is 12.6. The molecule has 0 spiro atoms. The van der Waals surface area contributed by atoms with Gasteiger partial charge in [-0.1, -0.05) is 352 Å². The Bertz CT molecular complexity index is 9100. The molecular weight excluding hydrogens is 1710 g/mol. The molecule has 4 aliphatic carbocycles. The number of rotatable bonds is 14. The van der Waals surface area contributed by atoms with Gasteiger partial charge < -0.3 is 18.3 Å². The topological polar surface area (TPSA) is 19.7 Å². The van der Waals surface area contributed by atoms with E-state index in [9.17, 15) is 0 Å². The van der Waals surface area contributed by atoms with Crippen LogP contribution in [0.3, 0.4) is 0 Å². The summed E-state index contributed by atoms with van der Waals surface area (Å²) < 4.78 is 9.64. The summed E-state index contributed by atoms with van der Waals surface area (Å²) in [4.78, 5) is 0. The highest BCUT2D eigenvalue weighted by Crippen LogP contribution is 2.49. The van der Waals surface area contributed by atoms with E-state index >= 15 is 0 Å². The second-order valence-corrected chi connectivity index (χ2v) is 40.6. The smallest absolute Gasteiger partial charge is 0.0541 e. The number of hydrogen-bond donors (Lipinski definition) is 0. The van der Waals surface area contributed by atoms with Crippen molar-refractivity contribution in [3.63, 3.8) is 0 Å². The van der Waals surface area contributed by atoms with Gasteiger partial charge in [-0.25, -0.2) is 0 Å². The summed E-state index contributed by atoms with van der Waals surface area (Å²) in [6.45, 7) is 16.0. The number of hydrogen-bond acceptors (Lipinski definition) is 0. The Kier molecular flexibility index (Phi) is 22.2. The van der Waals surface area contributed by atoms with Crippen LogP contribution in [0.1, 0.15) is 140 Å². The Labute approximate surface area is 832 Å². The number of nitrogens with zero attached hydrogens (tertiary/aromatic N) is 4. The fourth-order valence-corrected chi connectivity index (χ4v) is 23.4. The Balaban J connectivity index is 0.0000000995. The van der Waals surface area contributed by atoms with Crippen molar-refractivity contribution in [2.75, 3.05) is 0 Å². The Morgan fingerprint density at radius 2 is 0.556 bits per heavy atom. The fraction of sp³-hybridized carbons (Fsp3) is 0.130. The maximum Gasteiger partial charge on any atom is 0.0541 e. The van der Waals surface area contributed by atoms with Gasteiger partial charge in [-0.05, 0) is 358 Å². The van der Waals surface area contributed by atoms with Crippen LogP contribution >= 0.6 is 0 Å².